The van der Waals surface area contributed by atoms with Crippen molar-refractivity contribution in [3.8, 4) is 0 Å². The monoisotopic (exact) mass is 926 g/mol. The summed E-state index contributed by atoms with van der Waals surface area (Å²) in [5.41, 5.74) is 0. The highest BCUT2D eigenvalue weighted by Crippen LogP contribution is 2.21. The molecule has 0 aromatic heterocycles. The molecular formula is C57H99NO8. The number of Topliss-reactive ketones (excluding diaryl/α,β-unsaturated/α-hetero) is 3. The van der Waals surface area contributed by atoms with Gasteiger partial charge in [0.2, 0.25) is 5.91 Å². The summed E-state index contributed by atoms with van der Waals surface area (Å²) in [7, 11) is 0. The lowest BCUT2D eigenvalue weighted by Gasteiger charge is -2.31. The molecule has 5 unspecified atom stereocenters. The third-order valence-electron chi connectivity index (χ3n) is 12.3. The molecule has 0 saturated carbocycles. The van der Waals surface area contributed by atoms with E-state index in [0.717, 1.165) is 44.9 Å². The number of hydrogen-bond donors (Lipinski definition) is 0. The Morgan fingerprint density at radius 3 is 1.17 bits per heavy atom. The normalized spacial score (nSPS) is 14.1. The van der Waals surface area contributed by atoms with E-state index >= 15 is 0 Å². The quantitative estimate of drug-likeness (QED) is 0.0336. The van der Waals surface area contributed by atoms with Crippen LogP contribution < -0.4 is 0 Å². The Morgan fingerprint density at radius 1 is 0.424 bits per heavy atom. The molecule has 1 amide bonds. The van der Waals surface area contributed by atoms with Gasteiger partial charge in [0.25, 0.3) is 0 Å². The van der Waals surface area contributed by atoms with Crippen molar-refractivity contribution in [2.75, 3.05) is 13.1 Å². The Hall–Kier alpha value is -3.36. The molecule has 66 heavy (non-hydrogen) atoms. The second kappa shape index (κ2) is 43.0. The number of esters is 2. The van der Waals surface area contributed by atoms with Gasteiger partial charge in [0.05, 0.1) is 25.4 Å². The molecule has 0 aliphatic heterocycles. The summed E-state index contributed by atoms with van der Waals surface area (Å²) in [4.78, 5) is 80.1. The van der Waals surface area contributed by atoms with Crippen LogP contribution >= 0.6 is 0 Å². The summed E-state index contributed by atoms with van der Waals surface area (Å²) in [6.07, 6.45) is 40.6. The fraction of sp³-hybridized carbons (Fsp3) is 0.789. The predicted octanol–water partition coefficient (Wildman–Crippen LogP) is 14.7. The number of carbonyl (C=O) groups is 6. The molecule has 0 aromatic carbocycles. The molecule has 9 nitrogen and oxygen atoms in total. The maximum absolute atomic E-state index is 14.4. The molecular weight excluding hydrogens is 827 g/mol. The van der Waals surface area contributed by atoms with E-state index in [0.29, 0.717) is 19.3 Å². The van der Waals surface area contributed by atoms with Gasteiger partial charge in [-0.2, -0.15) is 0 Å². The maximum atomic E-state index is 14.4. The zero-order valence-electron chi connectivity index (χ0n) is 43.7. The van der Waals surface area contributed by atoms with Gasteiger partial charge in [0, 0.05) is 24.7 Å². The number of unbranched alkanes of at least 4 members (excludes halogenated alkanes) is 21. The van der Waals surface area contributed by atoms with E-state index < -0.39 is 41.9 Å². The molecule has 0 rings (SSSR count). The summed E-state index contributed by atoms with van der Waals surface area (Å²) in [5.74, 6) is -3.36. The van der Waals surface area contributed by atoms with Crippen molar-refractivity contribution in [2.45, 2.75) is 260 Å². The molecule has 0 aliphatic rings. The molecule has 0 fully saturated rings. The number of allylic oxidation sites excluding steroid dienone is 6. The van der Waals surface area contributed by atoms with E-state index in [1.807, 2.05) is 18.2 Å². The fourth-order valence-corrected chi connectivity index (χ4v) is 8.39. The molecule has 0 saturated heterocycles. The second-order valence-electron chi connectivity index (χ2n) is 19.4. The molecule has 0 radical (unpaired) electrons. The number of rotatable bonds is 45. The van der Waals surface area contributed by atoms with Crippen LogP contribution in [-0.4, -0.2) is 65.4 Å². The van der Waals surface area contributed by atoms with Gasteiger partial charge in [0.15, 0.2) is 0 Å². The van der Waals surface area contributed by atoms with E-state index in [9.17, 15) is 28.8 Å². The molecule has 380 valence electrons. The van der Waals surface area contributed by atoms with Gasteiger partial charge < -0.3 is 24.0 Å². The molecule has 0 aliphatic carbocycles. The number of amides is 1. The van der Waals surface area contributed by atoms with Crippen LogP contribution in [0.3, 0.4) is 0 Å². The first kappa shape index (κ1) is 62.6. The number of ether oxygens (including phenoxy) is 2. The third-order valence-corrected chi connectivity index (χ3v) is 12.3. The molecule has 0 spiro atoms. The second-order valence-corrected chi connectivity index (χ2v) is 19.4. The predicted molar refractivity (Wildman–Crippen MR) is 273 cm³/mol. The van der Waals surface area contributed by atoms with Crippen LogP contribution in [0.1, 0.15) is 248 Å². The summed E-state index contributed by atoms with van der Waals surface area (Å²) in [6.45, 7) is 14.6. The highest BCUT2D eigenvalue weighted by molar-refractivity contribution is 5.86. The zero-order valence-corrected chi connectivity index (χ0v) is 43.7. The minimum absolute atomic E-state index is 0.0170. The number of nitrogens with zero attached hydrogens (tertiary/aromatic N) is 1. The van der Waals surface area contributed by atoms with Crippen molar-refractivity contribution in [1.82, 2.24) is 4.90 Å². The lowest BCUT2D eigenvalue weighted by Crippen LogP contribution is -2.46. The van der Waals surface area contributed by atoms with Gasteiger partial charge in [-0.05, 0) is 92.4 Å². The zero-order chi connectivity index (χ0) is 49.2. The Bertz CT molecular complexity index is 1380. The van der Waals surface area contributed by atoms with Crippen LogP contribution in [0, 0.1) is 17.8 Å². The van der Waals surface area contributed by atoms with E-state index in [4.69, 9.17) is 9.47 Å². The number of hydrogen-bond acceptors (Lipinski definition) is 8. The van der Waals surface area contributed by atoms with E-state index in [1.165, 1.54) is 130 Å². The first-order valence-electron chi connectivity index (χ1n) is 26.9. The Labute approximate surface area is 404 Å². The smallest absolute Gasteiger partial charge is 0.310 e. The molecule has 5 atom stereocenters. The van der Waals surface area contributed by atoms with Crippen molar-refractivity contribution in [1.29, 1.82) is 0 Å². The van der Waals surface area contributed by atoms with Gasteiger partial charge in [-0.25, -0.2) is 0 Å². The van der Waals surface area contributed by atoms with Gasteiger partial charge in [-0.15, -0.1) is 0 Å². The van der Waals surface area contributed by atoms with Crippen molar-refractivity contribution in [2.24, 2.45) is 17.8 Å². The van der Waals surface area contributed by atoms with Crippen LogP contribution in [0.2, 0.25) is 0 Å². The average Bonchev–Trinajstić information content (AvgIpc) is 3.26. The molecule has 0 N–H and O–H groups in total. The highest BCUT2D eigenvalue weighted by Gasteiger charge is 2.30. The van der Waals surface area contributed by atoms with Crippen molar-refractivity contribution in [3.63, 3.8) is 0 Å². The summed E-state index contributed by atoms with van der Waals surface area (Å²) in [5, 5.41) is 0. The summed E-state index contributed by atoms with van der Waals surface area (Å²) >= 11 is 0. The Balaban J connectivity index is 5.85. The van der Waals surface area contributed by atoms with Gasteiger partial charge in [0.1, 0.15) is 29.6 Å². The van der Waals surface area contributed by atoms with Crippen LogP contribution in [0.25, 0.3) is 0 Å². The van der Waals surface area contributed by atoms with E-state index in [2.05, 4.69) is 39.0 Å². The maximum Gasteiger partial charge on any atom is 0.310 e. The number of carbonyl (C=O) groups excluding carboxylic acids is 6. The standard InChI is InChI=1S/C57H99NO8/c1-9-12-15-18-21-24-27-30-33-36-39-52(51(8)61)44-55(62)65-49(6)45-58(56(63)53(42-47(4)59)40-37-34-31-28-25-22-19-16-13-10-2)46-50(7)66-57(64)54(43-48(5)60)41-38-35-32-29-26-23-20-17-14-11-3/h33-38,49-50,52-54H,9-32,39-46H2,1-8H3/b36-33+,37-34+,38-35+. The molecule has 0 aromatic rings. The third kappa shape index (κ3) is 36.7. The minimum Gasteiger partial charge on any atom is -0.461 e. The van der Waals surface area contributed by atoms with Gasteiger partial charge in [-0.3, -0.25) is 19.2 Å². The summed E-state index contributed by atoms with van der Waals surface area (Å²) < 4.78 is 11.8. The van der Waals surface area contributed by atoms with E-state index in [-0.39, 0.29) is 55.6 Å². The average molecular weight is 926 g/mol. The largest absolute Gasteiger partial charge is 0.461 e. The van der Waals surface area contributed by atoms with Crippen LogP contribution in [-0.2, 0) is 38.2 Å². The summed E-state index contributed by atoms with van der Waals surface area (Å²) in [6, 6.07) is 0. The Morgan fingerprint density at radius 2 is 0.773 bits per heavy atom. The van der Waals surface area contributed by atoms with E-state index in [1.54, 1.807) is 18.7 Å². The minimum atomic E-state index is -0.740. The van der Waals surface area contributed by atoms with Crippen LogP contribution in [0.15, 0.2) is 36.5 Å². The van der Waals surface area contributed by atoms with Crippen molar-refractivity contribution in [3.05, 3.63) is 36.5 Å². The topological polar surface area (TPSA) is 124 Å². The van der Waals surface area contributed by atoms with Crippen LogP contribution in [0.5, 0.6) is 0 Å². The first-order chi connectivity index (χ1) is 31.7. The van der Waals surface area contributed by atoms with Gasteiger partial charge in [-0.1, -0.05) is 173 Å². The van der Waals surface area contributed by atoms with Crippen molar-refractivity contribution >= 4 is 35.2 Å². The molecule has 0 heterocycles. The van der Waals surface area contributed by atoms with Crippen molar-refractivity contribution < 1.29 is 38.2 Å². The SMILES string of the molecule is CCCCCCCCC/C=C/CC(CC(=O)OC(C)CN(CC(C)OC(=O)C(C/C=C/CCCCCCCCC)CC(C)=O)C(=O)C(C/C=C/CCCCCCCCC)CC(C)=O)C(C)=O. The fourth-order valence-electron chi connectivity index (χ4n) is 8.39. The number of ketones is 3. The lowest BCUT2D eigenvalue weighted by molar-refractivity contribution is -0.159. The van der Waals surface area contributed by atoms with Crippen LogP contribution in [0.4, 0.5) is 0 Å². The molecule has 9 heteroatoms. The molecule has 0 bridgehead atoms. The lowest BCUT2D eigenvalue weighted by atomic mass is 9.96. The highest BCUT2D eigenvalue weighted by atomic mass is 16.5. The van der Waals surface area contributed by atoms with Gasteiger partial charge >= 0.3 is 11.9 Å². The Kier molecular flexibility index (Phi) is 40.8. The first-order valence-corrected chi connectivity index (χ1v) is 26.9.